The number of aromatic nitrogens is 1. The summed E-state index contributed by atoms with van der Waals surface area (Å²) < 4.78 is 5.62. The Hall–Kier alpha value is -2.41. The van der Waals surface area contributed by atoms with Crippen molar-refractivity contribution in [2.24, 2.45) is 0 Å². The van der Waals surface area contributed by atoms with E-state index in [2.05, 4.69) is 4.98 Å². The van der Waals surface area contributed by atoms with Gasteiger partial charge in [-0.15, -0.1) is 11.3 Å². The molecule has 6 nitrogen and oxygen atoms in total. The summed E-state index contributed by atoms with van der Waals surface area (Å²) in [4.78, 5) is 32.4. The maximum Gasteiger partial charge on any atom is 0.261 e. The number of thiazole rings is 1. The molecule has 0 atom stereocenters. The Morgan fingerprint density at radius 3 is 2.68 bits per heavy atom. The van der Waals surface area contributed by atoms with E-state index in [1.807, 2.05) is 19.2 Å². The minimum absolute atomic E-state index is 0.0783. The SMILES string of the molecule is CC(C)Oc1ccc(C(=O)N(CN2CCCC2=O)c2nccs2)cc1. The number of hydrogen-bond donors (Lipinski definition) is 0. The number of benzene rings is 1. The largest absolute Gasteiger partial charge is 0.491 e. The summed E-state index contributed by atoms with van der Waals surface area (Å²) >= 11 is 1.38. The molecule has 1 aliphatic heterocycles. The zero-order valence-corrected chi connectivity index (χ0v) is 15.2. The molecule has 1 saturated heterocycles. The number of anilines is 1. The molecule has 0 spiro atoms. The molecule has 2 heterocycles. The third-order valence-corrected chi connectivity index (χ3v) is 4.65. The van der Waals surface area contributed by atoms with Gasteiger partial charge in [-0.05, 0) is 44.5 Å². The van der Waals surface area contributed by atoms with Gasteiger partial charge in [-0.3, -0.25) is 14.5 Å². The minimum atomic E-state index is -0.175. The molecule has 1 aliphatic rings. The van der Waals surface area contributed by atoms with Gasteiger partial charge in [0.05, 0.1) is 6.10 Å². The zero-order chi connectivity index (χ0) is 17.8. The normalized spacial score (nSPS) is 14.2. The number of rotatable bonds is 6. The molecule has 0 radical (unpaired) electrons. The Kier molecular flexibility index (Phi) is 5.33. The lowest BCUT2D eigenvalue weighted by Gasteiger charge is -2.26. The second kappa shape index (κ2) is 7.65. The fourth-order valence-corrected chi connectivity index (χ4v) is 3.32. The fraction of sp³-hybridized carbons (Fsp3) is 0.389. The second-order valence-corrected chi connectivity index (χ2v) is 7.01. The molecule has 0 saturated carbocycles. The number of nitrogens with zero attached hydrogens (tertiary/aromatic N) is 3. The van der Waals surface area contributed by atoms with Gasteiger partial charge in [-0.2, -0.15) is 0 Å². The van der Waals surface area contributed by atoms with E-state index >= 15 is 0 Å². The van der Waals surface area contributed by atoms with Gasteiger partial charge in [0.25, 0.3) is 5.91 Å². The Morgan fingerprint density at radius 1 is 1.36 bits per heavy atom. The van der Waals surface area contributed by atoms with E-state index in [9.17, 15) is 9.59 Å². The smallest absolute Gasteiger partial charge is 0.261 e. The summed E-state index contributed by atoms with van der Waals surface area (Å²) in [6, 6.07) is 7.06. The maximum absolute atomic E-state index is 13.0. The molecule has 0 N–H and O–H groups in total. The first-order chi connectivity index (χ1) is 12.0. The van der Waals surface area contributed by atoms with Gasteiger partial charge in [-0.25, -0.2) is 4.98 Å². The molecule has 2 aromatic rings. The predicted molar refractivity (Wildman–Crippen MR) is 96.9 cm³/mol. The number of carbonyl (C=O) groups is 2. The van der Waals surface area contributed by atoms with Crippen LogP contribution in [0.3, 0.4) is 0 Å². The predicted octanol–water partition coefficient (Wildman–Crippen LogP) is 3.16. The van der Waals surface area contributed by atoms with Crippen molar-refractivity contribution in [1.82, 2.24) is 9.88 Å². The third-order valence-electron chi connectivity index (χ3n) is 3.85. The van der Waals surface area contributed by atoms with Crippen LogP contribution in [-0.4, -0.2) is 41.0 Å². The Labute approximate surface area is 151 Å². The highest BCUT2D eigenvalue weighted by Gasteiger charge is 2.27. The molecule has 7 heteroatoms. The van der Waals surface area contributed by atoms with E-state index in [-0.39, 0.29) is 24.6 Å². The highest BCUT2D eigenvalue weighted by Crippen LogP contribution is 2.23. The second-order valence-electron chi connectivity index (χ2n) is 6.14. The van der Waals surface area contributed by atoms with Crippen LogP contribution >= 0.6 is 11.3 Å². The van der Waals surface area contributed by atoms with Gasteiger partial charge < -0.3 is 9.64 Å². The fourth-order valence-electron chi connectivity index (χ4n) is 2.69. The zero-order valence-electron chi connectivity index (χ0n) is 14.3. The molecule has 1 fully saturated rings. The van der Waals surface area contributed by atoms with Crippen LogP contribution in [0.4, 0.5) is 5.13 Å². The lowest BCUT2D eigenvalue weighted by Crippen LogP contribution is -2.42. The summed E-state index contributed by atoms with van der Waals surface area (Å²) in [6.07, 6.45) is 3.11. The summed E-state index contributed by atoms with van der Waals surface area (Å²) in [5, 5.41) is 2.41. The molecule has 1 aromatic heterocycles. The number of ether oxygens (including phenoxy) is 1. The average molecular weight is 359 g/mol. The lowest BCUT2D eigenvalue weighted by atomic mass is 10.2. The van der Waals surface area contributed by atoms with E-state index in [1.165, 1.54) is 11.3 Å². The summed E-state index contributed by atoms with van der Waals surface area (Å²) in [5.41, 5.74) is 0.540. The van der Waals surface area contributed by atoms with Crippen molar-refractivity contribution in [2.45, 2.75) is 32.8 Å². The maximum atomic E-state index is 13.0. The summed E-state index contributed by atoms with van der Waals surface area (Å²) in [6.45, 7) is 4.82. The Bertz CT molecular complexity index is 729. The molecule has 1 aromatic carbocycles. The van der Waals surface area contributed by atoms with Crippen LogP contribution in [0, 0.1) is 0 Å². The Morgan fingerprint density at radius 2 is 2.12 bits per heavy atom. The van der Waals surface area contributed by atoms with Gasteiger partial charge in [0.2, 0.25) is 5.91 Å². The van der Waals surface area contributed by atoms with Gasteiger partial charge in [0.1, 0.15) is 12.4 Å². The molecular weight excluding hydrogens is 338 g/mol. The van der Waals surface area contributed by atoms with Gasteiger partial charge in [0.15, 0.2) is 5.13 Å². The van der Waals surface area contributed by atoms with E-state index in [1.54, 1.807) is 40.3 Å². The van der Waals surface area contributed by atoms with Gasteiger partial charge in [-0.1, -0.05) is 0 Å². The topological polar surface area (TPSA) is 62.7 Å². The van der Waals surface area contributed by atoms with Crippen LogP contribution < -0.4 is 9.64 Å². The average Bonchev–Trinajstić information content (AvgIpc) is 3.24. The van der Waals surface area contributed by atoms with Crippen molar-refractivity contribution in [3.8, 4) is 5.75 Å². The third kappa shape index (κ3) is 4.17. The van der Waals surface area contributed by atoms with Crippen LogP contribution in [0.15, 0.2) is 35.8 Å². The van der Waals surface area contributed by atoms with Gasteiger partial charge in [0, 0.05) is 30.1 Å². The molecular formula is C18H21N3O3S. The van der Waals surface area contributed by atoms with Crippen molar-refractivity contribution < 1.29 is 14.3 Å². The molecule has 3 rings (SSSR count). The number of hydrogen-bond acceptors (Lipinski definition) is 5. The molecule has 0 aliphatic carbocycles. The molecule has 0 bridgehead atoms. The van der Waals surface area contributed by atoms with Crippen molar-refractivity contribution in [1.29, 1.82) is 0 Å². The quantitative estimate of drug-likeness (QED) is 0.795. The van der Waals surface area contributed by atoms with Crippen LogP contribution in [-0.2, 0) is 4.79 Å². The van der Waals surface area contributed by atoms with E-state index < -0.39 is 0 Å². The summed E-state index contributed by atoms with van der Waals surface area (Å²) in [7, 11) is 0. The number of carbonyl (C=O) groups excluding carboxylic acids is 2. The highest BCUT2D eigenvalue weighted by molar-refractivity contribution is 7.13. The van der Waals surface area contributed by atoms with Crippen LogP contribution in [0.25, 0.3) is 0 Å². The van der Waals surface area contributed by atoms with E-state index in [0.717, 1.165) is 12.2 Å². The molecule has 132 valence electrons. The van der Waals surface area contributed by atoms with E-state index in [0.29, 0.717) is 23.7 Å². The number of amides is 2. The molecule has 2 amide bonds. The van der Waals surface area contributed by atoms with Crippen molar-refractivity contribution in [3.05, 3.63) is 41.4 Å². The monoisotopic (exact) mass is 359 g/mol. The van der Waals surface area contributed by atoms with Crippen LogP contribution in [0.5, 0.6) is 5.75 Å². The highest BCUT2D eigenvalue weighted by atomic mass is 32.1. The first kappa shape index (κ1) is 17.4. The first-order valence-corrected chi connectivity index (χ1v) is 9.18. The minimum Gasteiger partial charge on any atom is -0.491 e. The standard InChI is InChI=1S/C18H21N3O3S/c1-13(2)24-15-7-5-14(6-8-15)17(23)21(18-19-9-11-25-18)12-20-10-3-4-16(20)22/h5-9,11,13H,3-4,10,12H2,1-2H3. The molecule has 25 heavy (non-hydrogen) atoms. The van der Waals surface area contributed by atoms with Crippen LogP contribution in [0.1, 0.15) is 37.0 Å². The lowest BCUT2D eigenvalue weighted by molar-refractivity contribution is -0.127. The van der Waals surface area contributed by atoms with Crippen molar-refractivity contribution in [3.63, 3.8) is 0 Å². The first-order valence-electron chi connectivity index (χ1n) is 8.30. The van der Waals surface area contributed by atoms with E-state index in [4.69, 9.17) is 4.74 Å². The number of likely N-dealkylation sites (tertiary alicyclic amines) is 1. The van der Waals surface area contributed by atoms with Crippen LogP contribution in [0.2, 0.25) is 0 Å². The van der Waals surface area contributed by atoms with Crippen molar-refractivity contribution >= 4 is 28.3 Å². The molecule has 0 unspecified atom stereocenters. The Balaban J connectivity index is 1.80. The van der Waals surface area contributed by atoms with Crippen molar-refractivity contribution in [2.75, 3.05) is 18.1 Å². The van der Waals surface area contributed by atoms with Gasteiger partial charge >= 0.3 is 0 Å². The summed E-state index contributed by atoms with van der Waals surface area (Å²) in [5.74, 6) is 0.628.